The molecule has 0 saturated heterocycles. The van der Waals surface area contributed by atoms with Gasteiger partial charge in [0.25, 0.3) is 0 Å². The number of anilines is 1. The Labute approximate surface area is 120 Å². The van der Waals surface area contributed by atoms with Crippen molar-refractivity contribution in [1.29, 1.82) is 0 Å². The second kappa shape index (κ2) is 9.63. The minimum Gasteiger partial charge on any atom is -1.00 e. The Morgan fingerprint density at radius 1 is 1.06 bits per heavy atom. The van der Waals surface area contributed by atoms with E-state index in [2.05, 4.69) is 49.9 Å². The third kappa shape index (κ3) is 6.20. The second-order valence-electron chi connectivity index (χ2n) is 4.53. The van der Waals surface area contributed by atoms with Gasteiger partial charge in [-0.3, -0.25) is 0 Å². The quantitative estimate of drug-likeness (QED) is 0.638. The fourth-order valence-electron chi connectivity index (χ4n) is 1.89. The number of nitrogens with zero attached hydrogens (tertiary/aromatic N) is 1. The summed E-state index contributed by atoms with van der Waals surface area (Å²) in [5.41, 5.74) is 2.75. The molecule has 0 atom stereocenters. The normalized spacial score (nSPS) is 9.82. The summed E-state index contributed by atoms with van der Waals surface area (Å²) >= 11 is 0. The van der Waals surface area contributed by atoms with E-state index < -0.39 is 0 Å². The zero-order chi connectivity index (χ0) is 11.8. The summed E-state index contributed by atoms with van der Waals surface area (Å²) in [5, 5.41) is 0. The van der Waals surface area contributed by atoms with Gasteiger partial charge in [0, 0.05) is 18.8 Å². The summed E-state index contributed by atoms with van der Waals surface area (Å²) in [6, 6.07) is 8.86. The van der Waals surface area contributed by atoms with Gasteiger partial charge in [-0.25, -0.2) is 0 Å². The summed E-state index contributed by atoms with van der Waals surface area (Å²) < 4.78 is 0. The average Bonchev–Trinajstić information content (AvgIpc) is 2.29. The van der Waals surface area contributed by atoms with Crippen LogP contribution in [0.15, 0.2) is 24.3 Å². The van der Waals surface area contributed by atoms with Crippen molar-refractivity contribution < 1.29 is 20.3 Å². The van der Waals surface area contributed by atoms with Gasteiger partial charge in [-0.2, -0.15) is 0 Å². The van der Waals surface area contributed by atoms with E-state index in [1.165, 1.54) is 50.0 Å². The molecule has 0 amide bonds. The fraction of sp³-hybridized carbons (Fsp3) is 0.600. The van der Waals surface area contributed by atoms with Crippen LogP contribution < -0.4 is 23.8 Å². The topological polar surface area (TPSA) is 3.24 Å². The summed E-state index contributed by atoms with van der Waals surface area (Å²) in [6.45, 7) is 9.07. The van der Waals surface area contributed by atoms with Crippen LogP contribution in [-0.2, 0) is 0 Å². The maximum atomic E-state index is 2.53. The molecule has 0 aromatic heterocycles. The first kappa shape index (κ1) is 16.6. The maximum absolute atomic E-state index is 2.53. The van der Waals surface area contributed by atoms with Crippen LogP contribution in [0.1, 0.15) is 46.5 Å². The van der Waals surface area contributed by atoms with Crippen molar-refractivity contribution in [2.45, 2.75) is 46.5 Å². The molecule has 0 N–H and O–H groups in total. The predicted molar refractivity (Wildman–Crippen MR) is 74.3 cm³/mol. The standard InChI is InChI=1S/C15H25N.Li.H/c1-4-6-11-16(12-7-5-2)15-10-8-9-14(3)13-15;;/h8-10,13H,4-7,11-12H2,1-3H3;;/q;+1;-1. The molecule has 92 valence electrons. The van der Waals surface area contributed by atoms with Crippen molar-refractivity contribution in [2.75, 3.05) is 18.0 Å². The molecule has 0 unspecified atom stereocenters. The Kier molecular flexibility index (Phi) is 9.41. The predicted octanol–water partition coefficient (Wildman–Crippen LogP) is 1.52. The van der Waals surface area contributed by atoms with E-state index in [0.717, 1.165) is 0 Å². The average molecular weight is 227 g/mol. The molecule has 0 bridgehead atoms. The summed E-state index contributed by atoms with van der Waals surface area (Å²) in [6.07, 6.45) is 5.12. The fourth-order valence-corrected chi connectivity index (χ4v) is 1.89. The van der Waals surface area contributed by atoms with E-state index in [9.17, 15) is 0 Å². The van der Waals surface area contributed by atoms with Gasteiger partial charge >= 0.3 is 18.9 Å². The molecule has 0 radical (unpaired) electrons. The van der Waals surface area contributed by atoms with E-state index in [4.69, 9.17) is 0 Å². The van der Waals surface area contributed by atoms with E-state index >= 15 is 0 Å². The van der Waals surface area contributed by atoms with Crippen LogP contribution in [0.25, 0.3) is 0 Å². The Balaban J connectivity index is 0. The van der Waals surface area contributed by atoms with Crippen molar-refractivity contribution in [3.63, 3.8) is 0 Å². The number of unbranched alkanes of at least 4 members (excludes halogenated alkanes) is 2. The number of aryl methyl sites for hydroxylation is 1. The Morgan fingerprint density at radius 3 is 2.12 bits per heavy atom. The van der Waals surface area contributed by atoms with Crippen LogP contribution in [0.5, 0.6) is 0 Å². The molecular formula is C15H26LiN. The largest absolute Gasteiger partial charge is 1.00 e. The Hall–Kier alpha value is -0.383. The second-order valence-corrected chi connectivity index (χ2v) is 4.53. The van der Waals surface area contributed by atoms with Crippen molar-refractivity contribution in [2.24, 2.45) is 0 Å². The number of rotatable bonds is 7. The maximum Gasteiger partial charge on any atom is 1.00 e. The first-order valence-electron chi connectivity index (χ1n) is 6.59. The van der Waals surface area contributed by atoms with Gasteiger partial charge in [0.15, 0.2) is 0 Å². The van der Waals surface area contributed by atoms with E-state index in [1.54, 1.807) is 0 Å². The minimum atomic E-state index is 0. The van der Waals surface area contributed by atoms with Crippen molar-refractivity contribution in [3.8, 4) is 0 Å². The SMILES string of the molecule is CCCCN(CCCC)c1cccc(C)c1.[H-].[Li+]. The van der Waals surface area contributed by atoms with E-state index in [1.807, 2.05) is 0 Å². The van der Waals surface area contributed by atoms with Gasteiger partial charge < -0.3 is 6.33 Å². The molecule has 1 rings (SSSR count). The van der Waals surface area contributed by atoms with Crippen LogP contribution in [-0.4, -0.2) is 13.1 Å². The molecule has 0 heterocycles. The third-order valence-corrected chi connectivity index (χ3v) is 2.93. The molecule has 1 aromatic rings. The van der Waals surface area contributed by atoms with Crippen LogP contribution in [0.2, 0.25) is 0 Å². The molecule has 1 aromatic carbocycles. The summed E-state index contributed by atoms with van der Waals surface area (Å²) in [7, 11) is 0. The molecule has 0 aliphatic rings. The third-order valence-electron chi connectivity index (χ3n) is 2.93. The van der Waals surface area contributed by atoms with Crippen LogP contribution >= 0.6 is 0 Å². The zero-order valence-electron chi connectivity index (χ0n) is 13.0. The van der Waals surface area contributed by atoms with Crippen molar-refractivity contribution in [3.05, 3.63) is 29.8 Å². The molecule has 0 fully saturated rings. The number of hydrogen-bond donors (Lipinski definition) is 0. The van der Waals surface area contributed by atoms with Gasteiger partial charge in [0.1, 0.15) is 0 Å². The van der Waals surface area contributed by atoms with Crippen LogP contribution in [0.3, 0.4) is 0 Å². The monoisotopic (exact) mass is 227 g/mol. The first-order chi connectivity index (χ1) is 7.77. The molecule has 2 heteroatoms. The van der Waals surface area contributed by atoms with Crippen LogP contribution in [0, 0.1) is 6.92 Å². The smallest absolute Gasteiger partial charge is 1.00 e. The first-order valence-corrected chi connectivity index (χ1v) is 6.59. The van der Waals surface area contributed by atoms with Gasteiger partial charge in [0.05, 0.1) is 0 Å². The molecule has 1 nitrogen and oxygen atoms in total. The molecule has 0 aliphatic heterocycles. The minimum absolute atomic E-state index is 0. The van der Waals surface area contributed by atoms with E-state index in [0.29, 0.717) is 0 Å². The molecule has 0 aliphatic carbocycles. The van der Waals surface area contributed by atoms with Crippen molar-refractivity contribution >= 4 is 5.69 Å². The van der Waals surface area contributed by atoms with Gasteiger partial charge in [-0.15, -0.1) is 0 Å². The molecule has 0 saturated carbocycles. The molecular weight excluding hydrogens is 201 g/mol. The van der Waals surface area contributed by atoms with Gasteiger partial charge in [-0.05, 0) is 37.5 Å². The van der Waals surface area contributed by atoms with E-state index in [-0.39, 0.29) is 20.3 Å². The Bertz CT molecular complexity index is 296. The summed E-state index contributed by atoms with van der Waals surface area (Å²) in [5.74, 6) is 0. The molecule has 0 spiro atoms. The van der Waals surface area contributed by atoms with Crippen molar-refractivity contribution in [1.82, 2.24) is 0 Å². The van der Waals surface area contributed by atoms with Crippen LogP contribution in [0.4, 0.5) is 5.69 Å². The Morgan fingerprint density at radius 2 is 1.65 bits per heavy atom. The van der Waals surface area contributed by atoms with Gasteiger partial charge in [0.2, 0.25) is 0 Å². The molecule has 17 heavy (non-hydrogen) atoms. The summed E-state index contributed by atoms with van der Waals surface area (Å²) in [4.78, 5) is 2.53. The number of benzene rings is 1. The zero-order valence-corrected chi connectivity index (χ0v) is 12.0. The number of hydrogen-bond acceptors (Lipinski definition) is 1. The van der Waals surface area contributed by atoms with Gasteiger partial charge in [-0.1, -0.05) is 38.8 Å².